The van der Waals surface area contributed by atoms with Crippen molar-refractivity contribution in [2.24, 2.45) is 23.7 Å². The number of hydrogen-bond donors (Lipinski definition) is 1. The summed E-state index contributed by atoms with van der Waals surface area (Å²) in [6, 6.07) is 0. The molecule has 4 heteroatoms. The second-order valence-electron chi connectivity index (χ2n) is 7.79. The van der Waals surface area contributed by atoms with Crippen LogP contribution in [0.3, 0.4) is 0 Å². The molecule has 2 fully saturated rings. The first-order chi connectivity index (χ1) is 9.79. The summed E-state index contributed by atoms with van der Waals surface area (Å²) >= 11 is 0. The van der Waals surface area contributed by atoms with Gasteiger partial charge in [0, 0.05) is 6.26 Å². The third kappa shape index (κ3) is 4.44. The van der Waals surface area contributed by atoms with Crippen LogP contribution in [-0.2, 0) is 9.84 Å². The minimum absolute atomic E-state index is 0.194. The Bertz CT molecular complexity index is 421. The van der Waals surface area contributed by atoms with E-state index < -0.39 is 9.84 Å². The highest BCUT2D eigenvalue weighted by molar-refractivity contribution is 7.91. The SMILES string of the molecule is CC(C)C1CCC(C(O)C2CCCC(S(C)(=O)=O)C2)CC1. The van der Waals surface area contributed by atoms with Gasteiger partial charge in [0.05, 0.1) is 11.4 Å². The summed E-state index contributed by atoms with van der Waals surface area (Å²) in [7, 11) is -2.95. The van der Waals surface area contributed by atoms with Crippen molar-refractivity contribution >= 4 is 9.84 Å². The minimum atomic E-state index is -2.95. The minimum Gasteiger partial charge on any atom is -0.393 e. The van der Waals surface area contributed by atoms with Crippen LogP contribution in [0.4, 0.5) is 0 Å². The fraction of sp³-hybridized carbons (Fsp3) is 1.00. The maximum atomic E-state index is 11.8. The fourth-order valence-electron chi connectivity index (χ4n) is 4.42. The number of aliphatic hydroxyl groups excluding tert-OH is 1. The average molecular weight is 317 g/mol. The lowest BCUT2D eigenvalue weighted by atomic mass is 9.71. The molecule has 2 rings (SSSR count). The molecule has 0 saturated heterocycles. The molecule has 124 valence electrons. The maximum Gasteiger partial charge on any atom is 0.150 e. The Hall–Kier alpha value is -0.0900. The summed E-state index contributed by atoms with van der Waals surface area (Å²) in [5.74, 6) is 2.14. The third-order valence-electron chi connectivity index (χ3n) is 6.00. The quantitative estimate of drug-likeness (QED) is 0.864. The molecule has 3 atom stereocenters. The Kier molecular flexibility index (Phi) is 5.75. The molecule has 0 heterocycles. The van der Waals surface area contributed by atoms with Crippen molar-refractivity contribution in [3.8, 4) is 0 Å². The Balaban J connectivity index is 1.90. The average Bonchev–Trinajstić information content (AvgIpc) is 2.46. The standard InChI is InChI=1S/C17H32O3S/c1-12(2)13-7-9-14(10-8-13)17(18)15-5-4-6-16(11-15)21(3,19)20/h12-18H,4-11H2,1-3H3. The second kappa shape index (κ2) is 6.99. The lowest BCUT2D eigenvalue weighted by Crippen LogP contribution is -2.38. The summed E-state index contributed by atoms with van der Waals surface area (Å²) in [4.78, 5) is 0. The second-order valence-corrected chi connectivity index (χ2v) is 10.1. The molecule has 2 aliphatic carbocycles. The van der Waals surface area contributed by atoms with Gasteiger partial charge in [-0.05, 0) is 68.6 Å². The Morgan fingerprint density at radius 3 is 2.00 bits per heavy atom. The molecule has 1 N–H and O–H groups in total. The highest BCUT2D eigenvalue weighted by Crippen LogP contribution is 2.40. The monoisotopic (exact) mass is 316 g/mol. The molecule has 0 aromatic rings. The largest absolute Gasteiger partial charge is 0.393 e. The molecule has 3 unspecified atom stereocenters. The molecule has 0 aromatic heterocycles. The number of sulfone groups is 1. The lowest BCUT2D eigenvalue weighted by Gasteiger charge is -2.39. The Morgan fingerprint density at radius 2 is 1.48 bits per heavy atom. The normalized spacial score (nSPS) is 36.6. The smallest absolute Gasteiger partial charge is 0.150 e. The molecule has 21 heavy (non-hydrogen) atoms. The molecular weight excluding hydrogens is 284 g/mol. The van der Waals surface area contributed by atoms with Crippen LogP contribution < -0.4 is 0 Å². The zero-order valence-corrected chi connectivity index (χ0v) is 14.6. The van der Waals surface area contributed by atoms with Gasteiger partial charge in [-0.2, -0.15) is 0 Å². The fourth-order valence-corrected chi connectivity index (χ4v) is 5.61. The van der Waals surface area contributed by atoms with E-state index in [1.165, 1.54) is 19.1 Å². The van der Waals surface area contributed by atoms with Crippen molar-refractivity contribution in [1.82, 2.24) is 0 Å². The maximum absolute atomic E-state index is 11.8. The van der Waals surface area contributed by atoms with Crippen LogP contribution in [-0.4, -0.2) is 31.1 Å². The summed E-state index contributed by atoms with van der Waals surface area (Å²) in [6.45, 7) is 4.58. The summed E-state index contributed by atoms with van der Waals surface area (Å²) < 4.78 is 23.5. The van der Waals surface area contributed by atoms with E-state index in [0.29, 0.717) is 12.3 Å². The van der Waals surface area contributed by atoms with Crippen LogP contribution in [0.25, 0.3) is 0 Å². The predicted molar refractivity (Wildman–Crippen MR) is 86.9 cm³/mol. The van der Waals surface area contributed by atoms with Crippen LogP contribution in [0.15, 0.2) is 0 Å². The van der Waals surface area contributed by atoms with E-state index in [1.54, 1.807) is 0 Å². The van der Waals surface area contributed by atoms with Gasteiger partial charge in [0.2, 0.25) is 0 Å². The van der Waals surface area contributed by atoms with E-state index in [0.717, 1.165) is 43.9 Å². The highest BCUT2D eigenvalue weighted by Gasteiger charge is 2.37. The Labute approximate surface area is 130 Å². The van der Waals surface area contributed by atoms with Gasteiger partial charge in [0.25, 0.3) is 0 Å². The van der Waals surface area contributed by atoms with Gasteiger partial charge in [-0.1, -0.05) is 20.3 Å². The topological polar surface area (TPSA) is 54.4 Å². The van der Waals surface area contributed by atoms with E-state index in [2.05, 4.69) is 13.8 Å². The number of rotatable bonds is 4. The van der Waals surface area contributed by atoms with Crippen molar-refractivity contribution in [3.63, 3.8) is 0 Å². The van der Waals surface area contributed by atoms with Gasteiger partial charge in [-0.15, -0.1) is 0 Å². The first kappa shape index (κ1) is 17.3. The molecule has 0 amide bonds. The van der Waals surface area contributed by atoms with Crippen LogP contribution in [0.5, 0.6) is 0 Å². The molecule has 0 radical (unpaired) electrons. The molecule has 3 nitrogen and oxygen atoms in total. The molecule has 2 aliphatic rings. The van der Waals surface area contributed by atoms with Crippen LogP contribution in [0.1, 0.15) is 65.2 Å². The first-order valence-corrected chi connectivity index (χ1v) is 10.6. The van der Waals surface area contributed by atoms with Crippen molar-refractivity contribution in [3.05, 3.63) is 0 Å². The molecule has 0 aromatic carbocycles. The van der Waals surface area contributed by atoms with E-state index in [4.69, 9.17) is 0 Å². The Morgan fingerprint density at radius 1 is 0.905 bits per heavy atom. The van der Waals surface area contributed by atoms with Gasteiger partial charge in [-0.3, -0.25) is 0 Å². The number of aliphatic hydroxyl groups is 1. The van der Waals surface area contributed by atoms with Crippen molar-refractivity contribution in [2.45, 2.75) is 76.6 Å². The molecular formula is C17H32O3S. The zero-order chi connectivity index (χ0) is 15.6. The van der Waals surface area contributed by atoms with Crippen molar-refractivity contribution < 1.29 is 13.5 Å². The predicted octanol–water partition coefficient (Wildman–Crippen LogP) is 3.41. The van der Waals surface area contributed by atoms with Crippen molar-refractivity contribution in [1.29, 1.82) is 0 Å². The molecule has 2 saturated carbocycles. The summed E-state index contributed by atoms with van der Waals surface area (Å²) in [6.07, 6.45) is 9.13. The first-order valence-electron chi connectivity index (χ1n) is 8.66. The summed E-state index contributed by atoms with van der Waals surface area (Å²) in [5, 5.41) is 10.5. The van der Waals surface area contributed by atoms with Crippen LogP contribution in [0.2, 0.25) is 0 Å². The summed E-state index contributed by atoms with van der Waals surface area (Å²) in [5.41, 5.74) is 0. The van der Waals surface area contributed by atoms with E-state index >= 15 is 0 Å². The third-order valence-corrected chi connectivity index (χ3v) is 7.64. The van der Waals surface area contributed by atoms with E-state index in [1.807, 2.05) is 0 Å². The van der Waals surface area contributed by atoms with Gasteiger partial charge in [0.1, 0.15) is 9.84 Å². The van der Waals surface area contributed by atoms with Gasteiger partial charge >= 0.3 is 0 Å². The van der Waals surface area contributed by atoms with Gasteiger partial charge in [0.15, 0.2) is 0 Å². The van der Waals surface area contributed by atoms with Crippen LogP contribution >= 0.6 is 0 Å². The highest BCUT2D eigenvalue weighted by atomic mass is 32.2. The van der Waals surface area contributed by atoms with Gasteiger partial charge < -0.3 is 5.11 Å². The molecule has 0 bridgehead atoms. The van der Waals surface area contributed by atoms with Crippen molar-refractivity contribution in [2.75, 3.05) is 6.26 Å². The van der Waals surface area contributed by atoms with E-state index in [9.17, 15) is 13.5 Å². The van der Waals surface area contributed by atoms with Gasteiger partial charge in [-0.25, -0.2) is 8.42 Å². The van der Waals surface area contributed by atoms with E-state index in [-0.39, 0.29) is 17.3 Å². The number of hydrogen-bond acceptors (Lipinski definition) is 3. The zero-order valence-electron chi connectivity index (χ0n) is 13.8. The van der Waals surface area contributed by atoms with Crippen LogP contribution in [0, 0.1) is 23.7 Å². The lowest BCUT2D eigenvalue weighted by molar-refractivity contribution is 0.00958. The molecule has 0 aliphatic heterocycles. The molecule has 0 spiro atoms.